The molecule has 10 heteroatoms. The van der Waals surface area contributed by atoms with Crippen molar-refractivity contribution in [2.75, 3.05) is 0 Å². The molecule has 0 radical (unpaired) electrons. The lowest BCUT2D eigenvalue weighted by Gasteiger charge is -1.83. The second-order valence-corrected chi connectivity index (χ2v) is 2.19. The summed E-state index contributed by atoms with van der Waals surface area (Å²) in [6, 6.07) is 0. The van der Waals surface area contributed by atoms with E-state index in [0.717, 1.165) is 6.20 Å². The number of hydrogen-bond donors (Lipinski definition) is 1. The summed E-state index contributed by atoms with van der Waals surface area (Å²) in [7, 11) is 0. The van der Waals surface area contributed by atoms with E-state index in [1.807, 2.05) is 0 Å². The first-order valence-electron chi connectivity index (χ1n) is 3.30. The second-order valence-electron chi connectivity index (χ2n) is 2.19. The van der Waals surface area contributed by atoms with Crippen molar-refractivity contribution in [1.82, 2.24) is 20.6 Å². The molecule has 2 aromatic rings. The molecule has 2 rings (SSSR count). The molecule has 0 fully saturated rings. The maximum absolute atomic E-state index is 10.5. The van der Waals surface area contributed by atoms with Gasteiger partial charge in [0.05, 0.1) is 4.92 Å². The SMILES string of the molecule is O=[N+]([O-])c1cn[nH]c1-[n+]1noc([O-])n1. The van der Waals surface area contributed by atoms with E-state index in [1.165, 1.54) is 0 Å². The lowest BCUT2D eigenvalue weighted by Crippen LogP contribution is -2.37. The Balaban J connectivity index is 2.51. The van der Waals surface area contributed by atoms with Gasteiger partial charge in [0.25, 0.3) is 0 Å². The Kier molecular flexibility index (Phi) is 1.59. The highest BCUT2D eigenvalue weighted by molar-refractivity contribution is 5.37. The summed E-state index contributed by atoms with van der Waals surface area (Å²) in [4.78, 5) is 10.4. The van der Waals surface area contributed by atoms with Gasteiger partial charge in [0.1, 0.15) is 0 Å². The highest BCUT2D eigenvalue weighted by Gasteiger charge is 2.28. The molecule has 0 atom stereocenters. The van der Waals surface area contributed by atoms with E-state index in [9.17, 15) is 15.2 Å². The van der Waals surface area contributed by atoms with Gasteiger partial charge in [0.15, 0.2) is 6.20 Å². The van der Waals surface area contributed by atoms with E-state index in [0.29, 0.717) is 4.80 Å². The lowest BCUT2D eigenvalue weighted by molar-refractivity contribution is -0.731. The van der Waals surface area contributed by atoms with Crippen LogP contribution in [0, 0.1) is 10.1 Å². The third kappa shape index (κ3) is 1.14. The summed E-state index contributed by atoms with van der Waals surface area (Å²) in [6.07, 6.45) is 0.0253. The van der Waals surface area contributed by atoms with Crippen molar-refractivity contribution in [2.45, 2.75) is 0 Å². The van der Waals surface area contributed by atoms with Gasteiger partial charge in [-0.05, 0) is 5.10 Å². The highest BCUT2D eigenvalue weighted by Crippen LogP contribution is 2.12. The summed E-state index contributed by atoms with van der Waals surface area (Å²) >= 11 is 0. The van der Waals surface area contributed by atoms with Gasteiger partial charge < -0.3 is 9.63 Å². The van der Waals surface area contributed by atoms with Crippen molar-refractivity contribution < 1.29 is 19.3 Å². The molecule has 2 heterocycles. The first-order chi connectivity index (χ1) is 6.68. The number of aromatic nitrogens is 5. The van der Waals surface area contributed by atoms with E-state index in [4.69, 9.17) is 0 Å². The lowest BCUT2D eigenvalue weighted by atomic mass is 10.5. The molecule has 72 valence electrons. The minimum Gasteiger partial charge on any atom is -0.525 e. The molecule has 10 nitrogen and oxygen atoms in total. The maximum atomic E-state index is 10.5. The maximum Gasteiger partial charge on any atom is 0.428 e. The number of nitrogens with one attached hydrogen (secondary N) is 1. The van der Waals surface area contributed by atoms with Crippen molar-refractivity contribution in [2.24, 2.45) is 0 Å². The van der Waals surface area contributed by atoms with Crippen LogP contribution in [-0.2, 0) is 0 Å². The number of rotatable bonds is 2. The van der Waals surface area contributed by atoms with Crippen molar-refractivity contribution >= 4 is 5.69 Å². The zero-order chi connectivity index (χ0) is 10.1. The Labute approximate surface area is 74.9 Å². The molecule has 0 unspecified atom stereocenters. The van der Waals surface area contributed by atoms with Gasteiger partial charge in [-0.15, -0.1) is 5.10 Å². The molecule has 0 aliphatic rings. The summed E-state index contributed by atoms with van der Waals surface area (Å²) in [5.41, 5.74) is -0.351. The van der Waals surface area contributed by atoms with Crippen LogP contribution in [0.5, 0.6) is 6.08 Å². The molecule has 14 heavy (non-hydrogen) atoms. The van der Waals surface area contributed by atoms with Crippen LogP contribution in [0.2, 0.25) is 0 Å². The molecule has 0 aliphatic carbocycles. The fraction of sp³-hybridized carbons (Fsp3) is 0. The van der Waals surface area contributed by atoms with Crippen LogP contribution in [0.4, 0.5) is 5.69 Å². The first-order valence-corrected chi connectivity index (χ1v) is 3.30. The monoisotopic (exact) mass is 198 g/mol. The topological polar surface area (TPSA) is 138 Å². The van der Waals surface area contributed by atoms with E-state index in [1.54, 1.807) is 0 Å². The van der Waals surface area contributed by atoms with Gasteiger partial charge in [-0.25, -0.2) is 0 Å². The Hall–Kier alpha value is -2.52. The number of nitro groups is 1. The van der Waals surface area contributed by atoms with Gasteiger partial charge in [0.2, 0.25) is 6.08 Å². The zero-order valence-electron chi connectivity index (χ0n) is 6.45. The zero-order valence-corrected chi connectivity index (χ0v) is 6.45. The fourth-order valence-corrected chi connectivity index (χ4v) is 0.832. The van der Waals surface area contributed by atoms with Crippen molar-refractivity contribution in [3.63, 3.8) is 0 Å². The van der Waals surface area contributed by atoms with Crippen molar-refractivity contribution in [3.05, 3.63) is 16.3 Å². The second kappa shape index (κ2) is 2.76. The van der Waals surface area contributed by atoms with Gasteiger partial charge >= 0.3 is 11.5 Å². The van der Waals surface area contributed by atoms with Crippen molar-refractivity contribution in [1.29, 1.82) is 0 Å². The van der Waals surface area contributed by atoms with E-state index in [2.05, 4.69) is 25.1 Å². The standard InChI is InChI=1S/C4H2N6O4/c11-4-7-9(8-14-4)3-2(10(12)13)1-5-6-3/h1H,(H-,5,6,7,8,11). The number of H-pyrrole nitrogens is 1. The fourth-order valence-electron chi connectivity index (χ4n) is 0.832. The van der Waals surface area contributed by atoms with Crippen molar-refractivity contribution in [3.8, 4) is 11.9 Å². The molecule has 0 saturated carbocycles. The molecule has 0 spiro atoms. The largest absolute Gasteiger partial charge is 0.525 e. The first kappa shape index (κ1) is 8.10. The van der Waals surface area contributed by atoms with Crippen LogP contribution >= 0.6 is 0 Å². The molecule has 0 bridgehead atoms. The normalized spacial score (nSPS) is 10.3. The van der Waals surface area contributed by atoms with Gasteiger partial charge in [0, 0.05) is 10.1 Å². The minimum atomic E-state index is -0.950. The Morgan fingerprint density at radius 3 is 3.00 bits per heavy atom. The van der Waals surface area contributed by atoms with Gasteiger partial charge in [-0.1, -0.05) is 5.10 Å². The molecule has 0 aromatic carbocycles. The van der Waals surface area contributed by atoms with Gasteiger partial charge in [-0.2, -0.15) is 0 Å². The average Bonchev–Trinajstić information content (AvgIpc) is 2.70. The summed E-state index contributed by atoms with van der Waals surface area (Å²) in [6.45, 7) is 0. The summed E-state index contributed by atoms with van der Waals surface area (Å²) in [5, 5.41) is 33.0. The predicted molar refractivity (Wildman–Crippen MR) is 34.1 cm³/mol. The Bertz CT molecular complexity index is 474. The number of nitrogens with zero attached hydrogens (tertiary/aromatic N) is 5. The van der Waals surface area contributed by atoms with Crippen LogP contribution < -0.4 is 9.90 Å². The van der Waals surface area contributed by atoms with Crippen LogP contribution in [-0.4, -0.2) is 25.5 Å². The van der Waals surface area contributed by atoms with Crippen LogP contribution in [0.15, 0.2) is 10.7 Å². The van der Waals surface area contributed by atoms with Gasteiger partial charge in [-0.3, -0.25) is 10.1 Å². The summed E-state index contributed by atoms with van der Waals surface area (Å²) < 4.78 is 4.10. The predicted octanol–water partition coefficient (Wildman–Crippen LogP) is -1.95. The Morgan fingerprint density at radius 1 is 1.64 bits per heavy atom. The molecule has 1 N–H and O–H groups in total. The number of aromatic amines is 1. The van der Waals surface area contributed by atoms with Crippen LogP contribution in [0.3, 0.4) is 0 Å². The highest BCUT2D eigenvalue weighted by atomic mass is 16.6. The molecule has 0 aliphatic heterocycles. The molecule has 2 aromatic heterocycles. The number of hydrogen-bond acceptors (Lipinski definition) is 7. The summed E-state index contributed by atoms with van der Waals surface area (Å²) in [5.74, 6) is -0.138. The minimum absolute atomic E-state index is 0.138. The molecule has 0 saturated heterocycles. The Morgan fingerprint density at radius 2 is 2.43 bits per heavy atom. The average molecular weight is 198 g/mol. The third-order valence-electron chi connectivity index (χ3n) is 1.37. The smallest absolute Gasteiger partial charge is 0.428 e. The van der Waals surface area contributed by atoms with E-state index in [-0.39, 0.29) is 11.5 Å². The molecular formula is C4H2N6O4. The third-order valence-corrected chi connectivity index (χ3v) is 1.37. The molecule has 0 amide bonds. The quantitative estimate of drug-likeness (QED) is 0.336. The van der Waals surface area contributed by atoms with E-state index >= 15 is 0 Å². The van der Waals surface area contributed by atoms with E-state index < -0.39 is 11.0 Å². The van der Waals surface area contributed by atoms with Crippen LogP contribution in [0.1, 0.15) is 0 Å². The molecular weight excluding hydrogens is 196 g/mol. The van der Waals surface area contributed by atoms with Crippen LogP contribution in [0.25, 0.3) is 5.82 Å².